The van der Waals surface area contributed by atoms with E-state index in [1.807, 2.05) is 12.1 Å². The Kier molecular flexibility index (Phi) is 4.40. The summed E-state index contributed by atoms with van der Waals surface area (Å²) in [6.45, 7) is 4.23. The maximum Gasteiger partial charge on any atom is 0.123 e. The van der Waals surface area contributed by atoms with Crippen LogP contribution < -0.4 is 0 Å². The molecule has 78 valence electrons. The lowest BCUT2D eigenvalue weighted by Gasteiger charge is -2.12. The fourth-order valence-electron chi connectivity index (χ4n) is 1.29. The van der Waals surface area contributed by atoms with Crippen LogP contribution in [0.4, 0.5) is 4.39 Å². The van der Waals surface area contributed by atoms with Gasteiger partial charge in [0.1, 0.15) is 5.82 Å². The summed E-state index contributed by atoms with van der Waals surface area (Å²) in [6, 6.07) is 6.63. The lowest BCUT2D eigenvalue weighted by Crippen LogP contribution is -2.08. The van der Waals surface area contributed by atoms with Gasteiger partial charge in [0.05, 0.1) is 0 Å². The zero-order valence-electron chi connectivity index (χ0n) is 8.63. The quantitative estimate of drug-likeness (QED) is 0.665. The van der Waals surface area contributed by atoms with Crippen molar-refractivity contribution in [3.05, 3.63) is 35.6 Å². The average Bonchev–Trinajstić information content (AvgIpc) is 2.16. The second kappa shape index (κ2) is 5.35. The van der Waals surface area contributed by atoms with Gasteiger partial charge in [-0.2, -0.15) is 0 Å². The standard InChI is InChI=1S/C12H16ClF/c1-9(2)12(13)8-5-10-3-6-11(14)7-4-10/h3-4,6-7,9,12H,5,8H2,1-2H3. The van der Waals surface area contributed by atoms with Gasteiger partial charge in [-0.25, -0.2) is 4.39 Å². The Morgan fingerprint density at radius 3 is 2.29 bits per heavy atom. The molecule has 0 spiro atoms. The van der Waals surface area contributed by atoms with E-state index in [1.54, 1.807) is 0 Å². The highest BCUT2D eigenvalue weighted by atomic mass is 35.5. The highest BCUT2D eigenvalue weighted by Gasteiger charge is 2.09. The summed E-state index contributed by atoms with van der Waals surface area (Å²) >= 11 is 6.12. The van der Waals surface area contributed by atoms with Crippen LogP contribution in [0, 0.1) is 11.7 Å². The Hall–Kier alpha value is -0.560. The predicted octanol–water partition coefficient (Wildman–Crippen LogP) is 4.02. The molecule has 0 nitrogen and oxygen atoms in total. The smallest absolute Gasteiger partial charge is 0.123 e. The van der Waals surface area contributed by atoms with Crippen LogP contribution in [0.25, 0.3) is 0 Å². The largest absolute Gasteiger partial charge is 0.207 e. The van der Waals surface area contributed by atoms with Gasteiger partial charge in [-0.3, -0.25) is 0 Å². The van der Waals surface area contributed by atoms with E-state index < -0.39 is 0 Å². The van der Waals surface area contributed by atoms with Gasteiger partial charge in [-0.15, -0.1) is 11.6 Å². The third-order valence-corrected chi connectivity index (χ3v) is 3.07. The molecular formula is C12H16ClF. The first-order chi connectivity index (χ1) is 6.59. The first-order valence-corrected chi connectivity index (χ1v) is 5.41. The second-order valence-electron chi connectivity index (χ2n) is 3.93. The molecule has 1 aromatic carbocycles. The van der Waals surface area contributed by atoms with Gasteiger partial charge in [0, 0.05) is 5.38 Å². The van der Waals surface area contributed by atoms with Crippen molar-refractivity contribution < 1.29 is 4.39 Å². The van der Waals surface area contributed by atoms with Gasteiger partial charge in [0.2, 0.25) is 0 Å². The summed E-state index contributed by atoms with van der Waals surface area (Å²) in [6.07, 6.45) is 1.87. The van der Waals surface area contributed by atoms with Gasteiger partial charge >= 0.3 is 0 Å². The van der Waals surface area contributed by atoms with Crippen molar-refractivity contribution in [2.75, 3.05) is 0 Å². The van der Waals surface area contributed by atoms with Crippen molar-refractivity contribution in [2.45, 2.75) is 32.1 Å². The molecule has 0 bridgehead atoms. The van der Waals surface area contributed by atoms with Crippen LogP contribution in [0.3, 0.4) is 0 Å². The molecule has 0 aliphatic carbocycles. The van der Waals surface area contributed by atoms with E-state index >= 15 is 0 Å². The van der Waals surface area contributed by atoms with E-state index in [4.69, 9.17) is 11.6 Å². The van der Waals surface area contributed by atoms with Gasteiger partial charge in [0.15, 0.2) is 0 Å². The van der Waals surface area contributed by atoms with Gasteiger partial charge < -0.3 is 0 Å². The maximum absolute atomic E-state index is 12.6. The molecule has 0 saturated carbocycles. The highest BCUT2D eigenvalue weighted by Crippen LogP contribution is 2.16. The van der Waals surface area contributed by atoms with Crippen molar-refractivity contribution >= 4 is 11.6 Å². The first kappa shape index (κ1) is 11.5. The minimum atomic E-state index is -0.181. The fraction of sp³-hybridized carbons (Fsp3) is 0.500. The van der Waals surface area contributed by atoms with Crippen LogP contribution in [0.5, 0.6) is 0 Å². The zero-order chi connectivity index (χ0) is 10.6. The number of halogens is 2. The lowest BCUT2D eigenvalue weighted by molar-refractivity contribution is 0.564. The van der Waals surface area contributed by atoms with Crippen LogP contribution in [0.1, 0.15) is 25.8 Å². The van der Waals surface area contributed by atoms with Crippen molar-refractivity contribution in [1.82, 2.24) is 0 Å². The lowest BCUT2D eigenvalue weighted by atomic mass is 10.0. The van der Waals surface area contributed by atoms with Crippen molar-refractivity contribution in [1.29, 1.82) is 0 Å². The molecule has 0 radical (unpaired) electrons. The Labute approximate surface area is 90.1 Å². The Morgan fingerprint density at radius 1 is 1.21 bits per heavy atom. The topological polar surface area (TPSA) is 0 Å². The molecule has 1 atom stereocenters. The van der Waals surface area contributed by atoms with Crippen LogP contribution in [-0.4, -0.2) is 5.38 Å². The number of hydrogen-bond acceptors (Lipinski definition) is 0. The zero-order valence-corrected chi connectivity index (χ0v) is 9.39. The average molecular weight is 215 g/mol. The molecule has 0 amide bonds. The predicted molar refractivity (Wildman–Crippen MR) is 59.2 cm³/mol. The monoisotopic (exact) mass is 214 g/mol. The first-order valence-electron chi connectivity index (χ1n) is 4.98. The summed E-state index contributed by atoms with van der Waals surface area (Å²) in [5, 5.41) is 0.208. The molecule has 0 saturated heterocycles. The maximum atomic E-state index is 12.6. The minimum Gasteiger partial charge on any atom is -0.207 e. The number of aryl methyl sites for hydroxylation is 1. The molecule has 0 aliphatic rings. The Balaban J connectivity index is 2.42. The second-order valence-corrected chi connectivity index (χ2v) is 4.49. The molecular weight excluding hydrogens is 199 g/mol. The highest BCUT2D eigenvalue weighted by molar-refractivity contribution is 6.20. The summed E-state index contributed by atoms with van der Waals surface area (Å²) in [4.78, 5) is 0. The summed E-state index contributed by atoms with van der Waals surface area (Å²) < 4.78 is 12.6. The molecule has 1 unspecified atom stereocenters. The van der Waals surface area contributed by atoms with Gasteiger partial charge in [-0.1, -0.05) is 26.0 Å². The van der Waals surface area contributed by atoms with Crippen molar-refractivity contribution in [3.8, 4) is 0 Å². The van der Waals surface area contributed by atoms with E-state index in [1.165, 1.54) is 12.1 Å². The molecule has 1 rings (SSSR count). The number of rotatable bonds is 4. The van der Waals surface area contributed by atoms with E-state index in [0.29, 0.717) is 5.92 Å². The van der Waals surface area contributed by atoms with Gasteiger partial charge in [0.25, 0.3) is 0 Å². The van der Waals surface area contributed by atoms with E-state index in [-0.39, 0.29) is 11.2 Å². The van der Waals surface area contributed by atoms with E-state index in [9.17, 15) is 4.39 Å². The number of benzene rings is 1. The molecule has 0 aromatic heterocycles. The third-order valence-electron chi connectivity index (χ3n) is 2.35. The van der Waals surface area contributed by atoms with Crippen LogP contribution >= 0.6 is 11.6 Å². The summed E-state index contributed by atoms with van der Waals surface area (Å²) in [5.41, 5.74) is 1.15. The number of alkyl halides is 1. The molecule has 0 aliphatic heterocycles. The third kappa shape index (κ3) is 3.67. The van der Waals surface area contributed by atoms with Crippen LogP contribution in [0.15, 0.2) is 24.3 Å². The molecule has 14 heavy (non-hydrogen) atoms. The molecule has 0 heterocycles. The van der Waals surface area contributed by atoms with Crippen molar-refractivity contribution in [2.24, 2.45) is 5.92 Å². The SMILES string of the molecule is CC(C)C(Cl)CCc1ccc(F)cc1. The molecule has 1 aromatic rings. The molecule has 2 heteroatoms. The normalized spacial score (nSPS) is 13.2. The van der Waals surface area contributed by atoms with E-state index in [0.717, 1.165) is 18.4 Å². The Morgan fingerprint density at radius 2 is 1.79 bits per heavy atom. The van der Waals surface area contributed by atoms with Gasteiger partial charge in [-0.05, 0) is 36.5 Å². The summed E-state index contributed by atoms with van der Waals surface area (Å²) in [5.74, 6) is 0.317. The van der Waals surface area contributed by atoms with Crippen molar-refractivity contribution in [3.63, 3.8) is 0 Å². The molecule has 0 fully saturated rings. The minimum absolute atomic E-state index is 0.181. The Bertz CT molecular complexity index is 266. The van der Waals surface area contributed by atoms with E-state index in [2.05, 4.69) is 13.8 Å². The number of hydrogen-bond donors (Lipinski definition) is 0. The van der Waals surface area contributed by atoms with Crippen LogP contribution in [0.2, 0.25) is 0 Å². The fourth-order valence-corrected chi connectivity index (χ4v) is 1.40. The molecule has 0 N–H and O–H groups in total. The summed E-state index contributed by atoms with van der Waals surface area (Å²) in [7, 11) is 0. The van der Waals surface area contributed by atoms with Crippen LogP contribution in [-0.2, 0) is 6.42 Å².